The number of nitrogens with two attached hydrogens (primary N) is 1. The molecule has 3 aliphatic rings. The van der Waals surface area contributed by atoms with Crippen molar-refractivity contribution in [3.05, 3.63) is 44.6 Å². The summed E-state index contributed by atoms with van der Waals surface area (Å²) in [6, 6.07) is 1.47. The molecule has 5 rings (SSSR count). The van der Waals surface area contributed by atoms with E-state index < -0.39 is 21.8 Å². The third kappa shape index (κ3) is 3.20. The van der Waals surface area contributed by atoms with Crippen LogP contribution in [0.15, 0.2) is 14.6 Å². The van der Waals surface area contributed by atoms with Crippen molar-refractivity contribution in [3.8, 4) is 0 Å². The summed E-state index contributed by atoms with van der Waals surface area (Å²) in [5.41, 5.74) is 6.14. The number of anilines is 1. The van der Waals surface area contributed by atoms with Gasteiger partial charge in [-0.15, -0.1) is 15.7 Å². The lowest BCUT2D eigenvalue weighted by molar-refractivity contribution is 0.260. The Labute approximate surface area is 173 Å². The molecule has 2 amide bonds. The fourth-order valence-electron chi connectivity index (χ4n) is 4.54. The molecule has 154 valence electrons. The van der Waals surface area contributed by atoms with E-state index in [9.17, 15) is 13.4 Å². The van der Waals surface area contributed by atoms with Gasteiger partial charge in [0, 0.05) is 29.2 Å². The minimum Gasteiger partial charge on any atom is -0.305 e. The molecule has 1 atom stereocenters. The number of carbonyl (C=O) groups excluding carboxylic acids is 1. The van der Waals surface area contributed by atoms with Crippen LogP contribution < -0.4 is 10.5 Å². The van der Waals surface area contributed by atoms with E-state index in [1.807, 2.05) is 11.9 Å². The van der Waals surface area contributed by atoms with Crippen molar-refractivity contribution >= 4 is 33.0 Å². The number of aryl methyl sites for hydroxylation is 2. The van der Waals surface area contributed by atoms with Gasteiger partial charge in [0.15, 0.2) is 19.9 Å². The summed E-state index contributed by atoms with van der Waals surface area (Å²) in [6.07, 6.45) is 5.59. The van der Waals surface area contributed by atoms with E-state index in [-0.39, 0.29) is 4.21 Å². The van der Waals surface area contributed by atoms with Gasteiger partial charge in [0.25, 0.3) is 0 Å². The van der Waals surface area contributed by atoms with Crippen LogP contribution in [-0.4, -0.2) is 28.7 Å². The molecule has 0 saturated heterocycles. The van der Waals surface area contributed by atoms with Gasteiger partial charge in [0.1, 0.15) is 0 Å². The second kappa shape index (κ2) is 6.87. The smallest absolute Gasteiger partial charge is 0.305 e. The Morgan fingerprint density at radius 3 is 2.72 bits per heavy atom. The fraction of sp³-hybridized carbons (Fsp3) is 0.450. The maximum Gasteiger partial charge on any atom is 0.354 e. The number of amides is 2. The highest BCUT2D eigenvalue weighted by molar-refractivity contribution is 7.93. The Morgan fingerprint density at radius 2 is 1.97 bits per heavy atom. The second-order valence-corrected chi connectivity index (χ2v) is 11.2. The number of rotatable bonds is 2. The molecular formula is C20H23FN4O2S2. The van der Waals surface area contributed by atoms with E-state index in [4.69, 9.17) is 5.14 Å². The highest BCUT2D eigenvalue weighted by Crippen LogP contribution is 2.40. The Bertz CT molecular complexity index is 1160. The van der Waals surface area contributed by atoms with Crippen LogP contribution >= 0.6 is 11.3 Å². The summed E-state index contributed by atoms with van der Waals surface area (Å²) < 4.78 is 31.5. The van der Waals surface area contributed by atoms with Gasteiger partial charge in [0.2, 0.25) is 0 Å². The van der Waals surface area contributed by atoms with Gasteiger partial charge < -0.3 is 10.2 Å². The van der Waals surface area contributed by atoms with Crippen LogP contribution in [0.3, 0.4) is 0 Å². The average molecular weight is 435 g/mol. The summed E-state index contributed by atoms with van der Waals surface area (Å²) >= 11 is 1.08. The summed E-state index contributed by atoms with van der Waals surface area (Å²) in [5.74, 6) is -0.578. The lowest BCUT2D eigenvalue weighted by Crippen LogP contribution is -2.26. The predicted octanol–water partition coefficient (Wildman–Crippen LogP) is 3.40. The van der Waals surface area contributed by atoms with Crippen molar-refractivity contribution < 1.29 is 13.4 Å². The number of hydrogen-bond acceptors (Lipinski definition) is 4. The Morgan fingerprint density at radius 1 is 1.21 bits per heavy atom. The fourth-order valence-corrected chi connectivity index (χ4v) is 7.10. The molecule has 1 aliphatic heterocycles. The monoisotopic (exact) mass is 434 g/mol. The first kappa shape index (κ1) is 19.2. The van der Waals surface area contributed by atoms with Crippen molar-refractivity contribution in [1.82, 2.24) is 4.90 Å². The normalized spacial score (nSPS) is 19.6. The van der Waals surface area contributed by atoms with Crippen molar-refractivity contribution in [1.29, 1.82) is 0 Å². The average Bonchev–Trinajstić information content (AvgIpc) is 3.22. The number of benzene rings is 1. The molecule has 0 bridgehead atoms. The molecule has 0 saturated carbocycles. The van der Waals surface area contributed by atoms with Crippen LogP contribution in [0.4, 0.5) is 14.9 Å². The van der Waals surface area contributed by atoms with E-state index in [1.54, 1.807) is 0 Å². The number of fused-ring (bicyclic) bond motifs is 3. The number of nitrogens with zero attached hydrogens (tertiary/aromatic N) is 2. The zero-order chi connectivity index (χ0) is 20.3. The Balaban J connectivity index is 1.47. The third-order valence-electron chi connectivity index (χ3n) is 6.11. The zero-order valence-electron chi connectivity index (χ0n) is 16.2. The number of hydrogen-bond donors (Lipinski definition) is 2. The van der Waals surface area contributed by atoms with E-state index >= 15 is 0 Å². The lowest BCUT2D eigenvalue weighted by atomic mass is 9.83. The summed E-state index contributed by atoms with van der Waals surface area (Å²) in [5, 5.41) is 8.72. The number of nitrogens with one attached hydrogen (secondary N) is 1. The van der Waals surface area contributed by atoms with Crippen LogP contribution in [0, 0.1) is 5.82 Å². The molecule has 2 aliphatic carbocycles. The first-order valence-electron chi connectivity index (χ1n) is 9.84. The van der Waals surface area contributed by atoms with Crippen molar-refractivity contribution in [3.63, 3.8) is 0 Å². The second-order valence-electron chi connectivity index (χ2n) is 8.06. The summed E-state index contributed by atoms with van der Waals surface area (Å²) in [7, 11) is -1.74. The molecule has 3 N–H and O–H groups in total. The first-order valence-corrected chi connectivity index (χ1v) is 12.2. The van der Waals surface area contributed by atoms with Gasteiger partial charge >= 0.3 is 6.03 Å². The van der Waals surface area contributed by atoms with E-state index in [0.717, 1.165) is 71.7 Å². The third-order valence-corrected chi connectivity index (χ3v) is 9.28. The molecular weight excluding hydrogens is 411 g/mol. The molecule has 1 aromatic carbocycles. The van der Waals surface area contributed by atoms with Crippen LogP contribution in [0.5, 0.6) is 0 Å². The van der Waals surface area contributed by atoms with Gasteiger partial charge in [0.05, 0.1) is 0 Å². The van der Waals surface area contributed by atoms with Gasteiger partial charge in [-0.2, -0.15) is 0 Å². The number of carbonyl (C=O) groups is 1. The van der Waals surface area contributed by atoms with Crippen molar-refractivity contribution in [2.45, 2.75) is 49.3 Å². The van der Waals surface area contributed by atoms with Gasteiger partial charge in [-0.3, -0.25) is 0 Å². The van der Waals surface area contributed by atoms with E-state index in [1.165, 1.54) is 11.1 Å². The SMILES string of the molecule is CN1CCc2sc(S(N)(=O)=NC(=O)Nc3c4c(cc5c3CC5)CCC4)c(F)c2C1. The number of likely N-dealkylation sites (N-methyl/N-ethyl adjacent to an activating group) is 1. The van der Waals surface area contributed by atoms with E-state index in [0.29, 0.717) is 18.5 Å². The number of urea groups is 1. The highest BCUT2D eigenvalue weighted by atomic mass is 32.2. The summed E-state index contributed by atoms with van der Waals surface area (Å²) in [6.45, 7) is 1.25. The highest BCUT2D eigenvalue weighted by Gasteiger charge is 2.29. The molecule has 29 heavy (non-hydrogen) atoms. The standard InChI is InChI=1S/C20H23FN4O2S2/c1-25-8-7-16-15(10-25)17(21)19(28-16)29(22,27)24-20(26)23-18-13-4-2-3-11(13)9-12-5-6-14(12)18/h9H,2-8,10H2,1H3,(H3,22,23,24,26,27). The molecule has 2 heterocycles. The first-order chi connectivity index (χ1) is 13.8. The van der Waals surface area contributed by atoms with Crippen molar-refractivity contribution in [2.75, 3.05) is 18.9 Å². The topological polar surface area (TPSA) is 87.8 Å². The minimum atomic E-state index is -3.65. The van der Waals surface area contributed by atoms with Crippen LogP contribution in [-0.2, 0) is 48.6 Å². The van der Waals surface area contributed by atoms with Gasteiger partial charge in [-0.25, -0.2) is 18.5 Å². The maximum absolute atomic E-state index is 14.9. The minimum absolute atomic E-state index is 0.126. The van der Waals surface area contributed by atoms with Gasteiger partial charge in [-0.05, 0) is 67.8 Å². The lowest BCUT2D eigenvalue weighted by Gasteiger charge is -2.25. The van der Waals surface area contributed by atoms with Gasteiger partial charge in [-0.1, -0.05) is 6.07 Å². The van der Waals surface area contributed by atoms with Crippen LogP contribution in [0.1, 0.15) is 39.1 Å². The molecule has 0 radical (unpaired) electrons. The molecule has 1 unspecified atom stereocenters. The molecule has 0 spiro atoms. The van der Waals surface area contributed by atoms with Crippen LogP contribution in [0.2, 0.25) is 0 Å². The molecule has 6 nitrogen and oxygen atoms in total. The molecule has 1 aromatic heterocycles. The quantitative estimate of drug-likeness (QED) is 0.759. The van der Waals surface area contributed by atoms with Crippen molar-refractivity contribution in [2.24, 2.45) is 9.50 Å². The number of halogens is 1. The zero-order valence-corrected chi connectivity index (χ0v) is 17.8. The largest absolute Gasteiger partial charge is 0.354 e. The molecule has 0 fully saturated rings. The van der Waals surface area contributed by atoms with Crippen LogP contribution in [0.25, 0.3) is 0 Å². The Kier molecular flexibility index (Phi) is 4.54. The van der Waals surface area contributed by atoms with E-state index in [2.05, 4.69) is 15.7 Å². The summed E-state index contributed by atoms with van der Waals surface area (Å²) in [4.78, 5) is 15.5. The predicted molar refractivity (Wildman–Crippen MR) is 112 cm³/mol. The molecule has 9 heteroatoms. The molecule has 2 aromatic rings. The Hall–Kier alpha value is -1.81. The maximum atomic E-state index is 14.9. The number of thiophene rings is 1.